The molecule has 1 aromatic rings. The molecule has 1 saturated heterocycles. The molecule has 2 heterocycles. The fourth-order valence-electron chi connectivity index (χ4n) is 3.28. The van der Waals surface area contributed by atoms with E-state index in [9.17, 15) is 9.59 Å². The number of hydrogen-bond acceptors (Lipinski definition) is 3. The van der Waals surface area contributed by atoms with E-state index >= 15 is 0 Å². The Morgan fingerprint density at radius 2 is 1.87 bits per heavy atom. The van der Waals surface area contributed by atoms with Crippen molar-refractivity contribution in [3.8, 4) is 5.75 Å². The Balaban J connectivity index is 1.67. The molecule has 3 rings (SSSR count). The summed E-state index contributed by atoms with van der Waals surface area (Å²) < 4.78 is 5.63. The summed E-state index contributed by atoms with van der Waals surface area (Å²) in [4.78, 5) is 28.5. The van der Waals surface area contributed by atoms with Crippen LogP contribution in [-0.4, -0.2) is 42.5 Å². The largest absolute Gasteiger partial charge is 0.479 e. The van der Waals surface area contributed by atoms with Gasteiger partial charge in [0.05, 0.1) is 5.69 Å². The van der Waals surface area contributed by atoms with Crippen molar-refractivity contribution in [2.75, 3.05) is 24.5 Å². The van der Waals surface area contributed by atoms with Crippen LogP contribution in [0.1, 0.15) is 39.0 Å². The molecule has 1 atom stereocenters. The van der Waals surface area contributed by atoms with Gasteiger partial charge < -0.3 is 14.5 Å². The third-order valence-corrected chi connectivity index (χ3v) is 4.58. The summed E-state index contributed by atoms with van der Waals surface area (Å²) in [6.07, 6.45) is 4.45. The summed E-state index contributed by atoms with van der Waals surface area (Å²) in [5.74, 6) is 0.783. The molecule has 0 bridgehead atoms. The van der Waals surface area contributed by atoms with Crippen molar-refractivity contribution < 1.29 is 14.3 Å². The van der Waals surface area contributed by atoms with E-state index < -0.39 is 6.10 Å². The van der Waals surface area contributed by atoms with E-state index in [1.165, 1.54) is 12.8 Å². The lowest BCUT2D eigenvalue weighted by Gasteiger charge is -2.33. The lowest BCUT2D eigenvalue weighted by Crippen LogP contribution is -2.46. The van der Waals surface area contributed by atoms with E-state index in [1.54, 1.807) is 11.8 Å². The maximum absolute atomic E-state index is 12.5. The van der Waals surface area contributed by atoms with Gasteiger partial charge in [-0.3, -0.25) is 9.59 Å². The van der Waals surface area contributed by atoms with Crippen molar-refractivity contribution in [3.63, 3.8) is 0 Å². The smallest absolute Gasteiger partial charge is 0.267 e. The third-order valence-electron chi connectivity index (χ3n) is 4.58. The second-order valence-corrected chi connectivity index (χ2v) is 6.26. The van der Waals surface area contributed by atoms with E-state index in [4.69, 9.17) is 4.74 Å². The van der Waals surface area contributed by atoms with Gasteiger partial charge in [-0.15, -0.1) is 0 Å². The number of ether oxygens (including phenoxy) is 1. The van der Waals surface area contributed by atoms with Crippen molar-refractivity contribution in [1.29, 1.82) is 0 Å². The zero-order valence-corrected chi connectivity index (χ0v) is 13.7. The van der Waals surface area contributed by atoms with Crippen LogP contribution in [0.15, 0.2) is 24.3 Å². The number of rotatable bonds is 3. The number of carbonyl (C=O) groups excluding carboxylic acids is 2. The molecule has 1 fully saturated rings. The second-order valence-electron chi connectivity index (χ2n) is 6.26. The molecule has 5 nitrogen and oxygen atoms in total. The lowest BCUT2D eigenvalue weighted by molar-refractivity contribution is -0.131. The van der Waals surface area contributed by atoms with Gasteiger partial charge >= 0.3 is 0 Å². The molecular formula is C18H24N2O3. The van der Waals surface area contributed by atoms with Crippen molar-refractivity contribution >= 4 is 17.5 Å². The molecule has 0 radical (unpaired) electrons. The average Bonchev–Trinajstić information content (AvgIpc) is 2.84. The third kappa shape index (κ3) is 3.49. The number of benzene rings is 1. The SMILES string of the molecule is CC1Oc2ccccc2N(CCC(=O)N2CCCCCC2)C1=O. The summed E-state index contributed by atoms with van der Waals surface area (Å²) in [6, 6.07) is 7.51. The Morgan fingerprint density at radius 3 is 2.61 bits per heavy atom. The highest BCUT2D eigenvalue weighted by Gasteiger charge is 2.31. The highest BCUT2D eigenvalue weighted by Crippen LogP contribution is 2.33. The van der Waals surface area contributed by atoms with Gasteiger partial charge in [-0.1, -0.05) is 25.0 Å². The Hall–Kier alpha value is -2.04. The van der Waals surface area contributed by atoms with Crippen LogP contribution in [-0.2, 0) is 9.59 Å². The molecule has 2 aliphatic rings. The summed E-state index contributed by atoms with van der Waals surface area (Å²) in [7, 11) is 0. The van der Waals surface area contributed by atoms with Crippen LogP contribution in [0.2, 0.25) is 0 Å². The Morgan fingerprint density at radius 1 is 1.17 bits per heavy atom. The standard InChI is InChI=1S/C18H24N2O3/c1-14-18(22)20(15-8-4-5-9-16(15)23-14)13-10-17(21)19-11-6-2-3-7-12-19/h4-5,8-9,14H,2-3,6-7,10-13H2,1H3. The number of hydrogen-bond donors (Lipinski definition) is 0. The van der Waals surface area contributed by atoms with Gasteiger partial charge in [0.15, 0.2) is 6.10 Å². The molecule has 1 unspecified atom stereocenters. The van der Waals surface area contributed by atoms with E-state index in [0.717, 1.165) is 31.6 Å². The first-order chi connectivity index (χ1) is 11.2. The van der Waals surface area contributed by atoms with Crippen LogP contribution in [0.5, 0.6) is 5.75 Å². The predicted molar refractivity (Wildman–Crippen MR) is 88.6 cm³/mol. The van der Waals surface area contributed by atoms with Crippen molar-refractivity contribution in [2.45, 2.75) is 45.1 Å². The van der Waals surface area contributed by atoms with Crippen LogP contribution in [0.3, 0.4) is 0 Å². The van der Waals surface area contributed by atoms with Crippen LogP contribution in [0.4, 0.5) is 5.69 Å². The van der Waals surface area contributed by atoms with E-state index in [-0.39, 0.29) is 11.8 Å². The lowest BCUT2D eigenvalue weighted by atomic mass is 10.1. The number of fused-ring (bicyclic) bond motifs is 1. The van der Waals surface area contributed by atoms with Crippen LogP contribution in [0.25, 0.3) is 0 Å². The first-order valence-electron chi connectivity index (χ1n) is 8.51. The van der Waals surface area contributed by atoms with Crippen molar-refractivity contribution in [3.05, 3.63) is 24.3 Å². The molecule has 2 aliphatic heterocycles. The molecular weight excluding hydrogens is 292 g/mol. The molecule has 1 aromatic carbocycles. The van der Waals surface area contributed by atoms with Gasteiger partial charge in [-0.2, -0.15) is 0 Å². The van der Waals surface area contributed by atoms with E-state index in [1.807, 2.05) is 29.2 Å². The minimum absolute atomic E-state index is 0.0765. The maximum atomic E-state index is 12.5. The summed E-state index contributed by atoms with van der Waals surface area (Å²) >= 11 is 0. The first kappa shape index (κ1) is 15.8. The number of anilines is 1. The summed E-state index contributed by atoms with van der Waals surface area (Å²) in [5, 5.41) is 0. The molecule has 0 N–H and O–H groups in total. The monoisotopic (exact) mass is 316 g/mol. The zero-order valence-electron chi connectivity index (χ0n) is 13.7. The molecule has 0 saturated carbocycles. The molecule has 0 aliphatic carbocycles. The number of carbonyl (C=O) groups is 2. The molecule has 0 spiro atoms. The molecule has 23 heavy (non-hydrogen) atoms. The Bertz CT molecular complexity index is 579. The fourth-order valence-corrected chi connectivity index (χ4v) is 3.28. The van der Waals surface area contributed by atoms with Gasteiger partial charge in [0.2, 0.25) is 5.91 Å². The topological polar surface area (TPSA) is 49.9 Å². The summed E-state index contributed by atoms with van der Waals surface area (Å²) in [6.45, 7) is 3.87. The molecule has 0 aromatic heterocycles. The number of likely N-dealkylation sites (tertiary alicyclic amines) is 1. The quantitative estimate of drug-likeness (QED) is 0.861. The van der Waals surface area contributed by atoms with E-state index in [0.29, 0.717) is 18.7 Å². The highest BCUT2D eigenvalue weighted by molar-refractivity contribution is 6.00. The number of para-hydroxylation sites is 2. The fraction of sp³-hybridized carbons (Fsp3) is 0.556. The Labute approximate surface area is 137 Å². The predicted octanol–water partition coefficient (Wildman–Crippen LogP) is 2.59. The van der Waals surface area contributed by atoms with Gasteiger partial charge in [0.1, 0.15) is 5.75 Å². The van der Waals surface area contributed by atoms with Crippen LogP contribution >= 0.6 is 0 Å². The normalized spacial score (nSPS) is 21.4. The van der Waals surface area contributed by atoms with Crippen molar-refractivity contribution in [2.24, 2.45) is 0 Å². The maximum Gasteiger partial charge on any atom is 0.267 e. The van der Waals surface area contributed by atoms with Crippen molar-refractivity contribution in [1.82, 2.24) is 4.90 Å². The van der Waals surface area contributed by atoms with Gasteiger partial charge in [-0.05, 0) is 31.9 Å². The first-order valence-corrected chi connectivity index (χ1v) is 8.51. The number of amides is 2. The molecule has 5 heteroatoms. The van der Waals surface area contributed by atoms with Crippen LogP contribution < -0.4 is 9.64 Å². The van der Waals surface area contributed by atoms with Crippen LogP contribution in [0, 0.1) is 0 Å². The minimum Gasteiger partial charge on any atom is -0.479 e. The highest BCUT2D eigenvalue weighted by atomic mass is 16.5. The zero-order chi connectivity index (χ0) is 16.2. The molecule has 2 amide bonds. The number of nitrogens with zero attached hydrogens (tertiary/aromatic N) is 2. The second kappa shape index (κ2) is 7.02. The summed E-state index contributed by atoms with van der Waals surface area (Å²) in [5.41, 5.74) is 0.763. The minimum atomic E-state index is -0.502. The molecule has 124 valence electrons. The van der Waals surface area contributed by atoms with Gasteiger partial charge in [0.25, 0.3) is 5.91 Å². The van der Waals surface area contributed by atoms with E-state index in [2.05, 4.69) is 0 Å². The van der Waals surface area contributed by atoms with Gasteiger partial charge in [0, 0.05) is 26.1 Å². The van der Waals surface area contributed by atoms with Gasteiger partial charge in [-0.25, -0.2) is 0 Å². The Kier molecular flexibility index (Phi) is 4.84. The average molecular weight is 316 g/mol.